The fraction of sp³-hybridized carbons (Fsp3) is 0.0182. The molecule has 4 nitrogen and oxygen atoms in total. The van der Waals surface area contributed by atoms with Crippen molar-refractivity contribution in [2.24, 2.45) is 0 Å². The van der Waals surface area contributed by atoms with Gasteiger partial charge in [0.2, 0.25) is 0 Å². The second-order valence-corrected chi connectivity index (χ2v) is 15.4. The third kappa shape index (κ3) is 5.10. The van der Waals surface area contributed by atoms with Gasteiger partial charge in [-0.3, -0.25) is 9.97 Å². The first-order chi connectivity index (χ1) is 29.2. The normalized spacial score (nSPS) is 12.9. The SMILES string of the molecule is c1cncc(-c2cccc(-c3cc(-c4ccc(-c5cccc6cccnc56)cc4)nc(-c4ccc5c(c4)C4(c6ccccc6-c6ccccc64)c4ccccc4-5)n3)c2)c1. The second kappa shape index (κ2) is 13.1. The van der Waals surface area contributed by atoms with E-state index in [4.69, 9.17) is 15.0 Å². The lowest BCUT2D eigenvalue weighted by Crippen LogP contribution is -2.25. The van der Waals surface area contributed by atoms with E-state index in [1.54, 1.807) is 6.20 Å². The van der Waals surface area contributed by atoms with Crippen LogP contribution >= 0.6 is 0 Å². The van der Waals surface area contributed by atoms with Crippen LogP contribution in [-0.2, 0) is 5.41 Å². The van der Waals surface area contributed by atoms with Crippen molar-refractivity contribution in [2.45, 2.75) is 5.41 Å². The van der Waals surface area contributed by atoms with E-state index in [0.717, 1.165) is 61.2 Å². The highest BCUT2D eigenvalue weighted by atomic mass is 14.9. The van der Waals surface area contributed by atoms with Crippen molar-refractivity contribution in [1.29, 1.82) is 0 Å². The summed E-state index contributed by atoms with van der Waals surface area (Å²) in [7, 11) is 0. The minimum Gasteiger partial charge on any atom is -0.264 e. The molecule has 0 saturated carbocycles. The summed E-state index contributed by atoms with van der Waals surface area (Å²) >= 11 is 0. The molecule has 3 aromatic heterocycles. The van der Waals surface area contributed by atoms with Gasteiger partial charge < -0.3 is 0 Å². The molecule has 0 atom stereocenters. The van der Waals surface area contributed by atoms with Crippen molar-refractivity contribution in [3.05, 3.63) is 229 Å². The van der Waals surface area contributed by atoms with E-state index in [9.17, 15) is 0 Å². The van der Waals surface area contributed by atoms with E-state index >= 15 is 0 Å². The first-order valence-corrected chi connectivity index (χ1v) is 20.0. The van der Waals surface area contributed by atoms with Crippen LogP contribution in [0.3, 0.4) is 0 Å². The van der Waals surface area contributed by atoms with Crippen LogP contribution in [0.15, 0.2) is 207 Å². The summed E-state index contributed by atoms with van der Waals surface area (Å²) in [6, 6.07) is 67.5. The van der Waals surface area contributed by atoms with Crippen LogP contribution in [-0.4, -0.2) is 19.9 Å². The van der Waals surface area contributed by atoms with Crippen LogP contribution < -0.4 is 0 Å². The highest BCUT2D eigenvalue weighted by molar-refractivity contribution is 5.96. The zero-order chi connectivity index (χ0) is 38.9. The molecular weight excluding hydrogens is 717 g/mol. The van der Waals surface area contributed by atoms with E-state index in [0.29, 0.717) is 5.82 Å². The van der Waals surface area contributed by atoms with Gasteiger partial charge in [0, 0.05) is 51.8 Å². The molecule has 274 valence electrons. The van der Waals surface area contributed by atoms with E-state index in [1.807, 2.05) is 24.5 Å². The highest BCUT2D eigenvalue weighted by Crippen LogP contribution is 2.63. The molecule has 0 saturated heterocycles. The molecule has 4 heteroatoms. The van der Waals surface area contributed by atoms with E-state index in [-0.39, 0.29) is 0 Å². The van der Waals surface area contributed by atoms with Gasteiger partial charge >= 0.3 is 0 Å². The molecule has 7 aromatic carbocycles. The molecule has 10 aromatic rings. The number of hydrogen-bond donors (Lipinski definition) is 0. The number of para-hydroxylation sites is 1. The van der Waals surface area contributed by atoms with Gasteiger partial charge in [0.15, 0.2) is 5.82 Å². The van der Waals surface area contributed by atoms with Crippen LogP contribution in [0.5, 0.6) is 0 Å². The van der Waals surface area contributed by atoms with Gasteiger partial charge in [-0.2, -0.15) is 0 Å². The van der Waals surface area contributed by atoms with Crippen LogP contribution in [0.2, 0.25) is 0 Å². The summed E-state index contributed by atoms with van der Waals surface area (Å²) in [5.41, 5.74) is 19.9. The molecule has 0 N–H and O–H groups in total. The topological polar surface area (TPSA) is 51.6 Å². The van der Waals surface area contributed by atoms with E-state index in [1.165, 1.54) is 44.5 Å². The van der Waals surface area contributed by atoms with Gasteiger partial charge in [0.1, 0.15) is 0 Å². The molecule has 0 aliphatic heterocycles. The monoisotopic (exact) mass is 750 g/mol. The molecule has 59 heavy (non-hydrogen) atoms. The molecule has 0 unspecified atom stereocenters. The van der Waals surface area contributed by atoms with Crippen molar-refractivity contribution in [3.63, 3.8) is 0 Å². The minimum absolute atomic E-state index is 0.458. The summed E-state index contributed by atoms with van der Waals surface area (Å²) in [5, 5.41) is 1.12. The van der Waals surface area contributed by atoms with Crippen LogP contribution in [0.1, 0.15) is 22.3 Å². The maximum absolute atomic E-state index is 5.38. The first-order valence-electron chi connectivity index (χ1n) is 20.0. The Morgan fingerprint density at radius 1 is 0.339 bits per heavy atom. The van der Waals surface area contributed by atoms with Gasteiger partial charge in [0.25, 0.3) is 0 Å². The Bertz CT molecular complexity index is 3210. The number of fused-ring (bicyclic) bond motifs is 11. The first kappa shape index (κ1) is 33.3. The highest BCUT2D eigenvalue weighted by Gasteiger charge is 2.51. The molecule has 0 radical (unpaired) electrons. The van der Waals surface area contributed by atoms with Crippen molar-refractivity contribution in [2.75, 3.05) is 0 Å². The summed E-state index contributed by atoms with van der Waals surface area (Å²) in [4.78, 5) is 19.9. The van der Waals surface area contributed by atoms with Gasteiger partial charge in [-0.15, -0.1) is 0 Å². The van der Waals surface area contributed by atoms with Gasteiger partial charge in [0.05, 0.1) is 22.3 Å². The average molecular weight is 751 g/mol. The molecular formula is C55H34N4. The Morgan fingerprint density at radius 2 is 0.898 bits per heavy atom. The number of nitrogens with zero attached hydrogens (tertiary/aromatic N) is 4. The van der Waals surface area contributed by atoms with Gasteiger partial charge in [-0.25, -0.2) is 9.97 Å². The van der Waals surface area contributed by atoms with E-state index in [2.05, 4.69) is 181 Å². The minimum atomic E-state index is -0.458. The second-order valence-electron chi connectivity index (χ2n) is 15.4. The Labute approximate surface area is 342 Å². The Hall–Kier alpha value is -7.82. The number of rotatable bonds is 5. The van der Waals surface area contributed by atoms with Crippen LogP contribution in [0.4, 0.5) is 0 Å². The quantitative estimate of drug-likeness (QED) is 0.176. The maximum Gasteiger partial charge on any atom is 0.160 e. The average Bonchev–Trinajstić information content (AvgIpc) is 3.79. The predicted molar refractivity (Wildman–Crippen MR) is 239 cm³/mol. The molecule has 12 rings (SSSR count). The molecule has 1 spiro atoms. The summed E-state index contributed by atoms with van der Waals surface area (Å²) in [6.45, 7) is 0. The molecule has 2 aliphatic carbocycles. The lowest BCUT2D eigenvalue weighted by molar-refractivity contribution is 0.794. The number of hydrogen-bond acceptors (Lipinski definition) is 4. The summed E-state index contributed by atoms with van der Waals surface area (Å²) in [5.74, 6) is 0.681. The molecule has 0 amide bonds. The molecule has 0 fully saturated rings. The zero-order valence-electron chi connectivity index (χ0n) is 31.9. The Morgan fingerprint density at radius 3 is 1.61 bits per heavy atom. The van der Waals surface area contributed by atoms with Crippen molar-refractivity contribution in [3.8, 4) is 78.4 Å². The number of aromatic nitrogens is 4. The zero-order valence-corrected chi connectivity index (χ0v) is 31.9. The third-order valence-corrected chi connectivity index (χ3v) is 12.3. The number of benzene rings is 7. The Kier molecular flexibility index (Phi) is 7.41. The lowest BCUT2D eigenvalue weighted by Gasteiger charge is -2.30. The standard InChI is InChI=1S/C55H34N4/c1-4-20-47-43(16-1)44-17-2-5-21-48(44)55(47)49-22-6-3-18-45(49)46-28-27-40(32-50(46)55)54-58-51(33-52(59-54)39-13-7-12-38(31-39)41-15-9-29-56-34-41)36-25-23-35(24-26-36)42-19-8-11-37-14-10-30-57-53(37)42/h1-34H. The van der Waals surface area contributed by atoms with Crippen molar-refractivity contribution in [1.82, 2.24) is 19.9 Å². The van der Waals surface area contributed by atoms with Gasteiger partial charge in [-0.05, 0) is 86.0 Å². The smallest absolute Gasteiger partial charge is 0.160 e. The van der Waals surface area contributed by atoms with Crippen molar-refractivity contribution < 1.29 is 0 Å². The summed E-state index contributed by atoms with van der Waals surface area (Å²) in [6.07, 6.45) is 5.57. The predicted octanol–water partition coefficient (Wildman–Crippen LogP) is 13.1. The molecule has 0 bridgehead atoms. The van der Waals surface area contributed by atoms with Crippen LogP contribution in [0.25, 0.3) is 89.3 Å². The largest absolute Gasteiger partial charge is 0.264 e. The molecule has 2 aliphatic rings. The number of pyridine rings is 2. The summed E-state index contributed by atoms with van der Waals surface area (Å²) < 4.78 is 0. The Balaban J connectivity index is 1.05. The maximum atomic E-state index is 5.38. The lowest BCUT2D eigenvalue weighted by atomic mass is 9.70. The van der Waals surface area contributed by atoms with Crippen molar-refractivity contribution >= 4 is 10.9 Å². The fourth-order valence-corrected chi connectivity index (χ4v) is 9.66. The third-order valence-electron chi connectivity index (χ3n) is 12.3. The van der Waals surface area contributed by atoms with Gasteiger partial charge in [-0.1, -0.05) is 158 Å². The van der Waals surface area contributed by atoms with Crippen LogP contribution in [0, 0.1) is 0 Å². The fourth-order valence-electron chi connectivity index (χ4n) is 9.66. The molecule has 3 heterocycles. The van der Waals surface area contributed by atoms with E-state index < -0.39 is 5.41 Å².